The molecule has 0 radical (unpaired) electrons. The fraction of sp³-hybridized carbons (Fsp3) is 0.444. The van der Waals surface area contributed by atoms with Crippen LogP contribution in [0.1, 0.15) is 44.0 Å². The van der Waals surface area contributed by atoms with Crippen LogP contribution in [0.4, 0.5) is 5.13 Å². The fourth-order valence-electron chi connectivity index (χ4n) is 3.30. The Balaban J connectivity index is 1.73. The number of aromatic nitrogens is 1. The third-order valence-electron chi connectivity index (χ3n) is 4.43. The van der Waals surface area contributed by atoms with Gasteiger partial charge in [-0.1, -0.05) is 28.1 Å². The van der Waals surface area contributed by atoms with Crippen molar-refractivity contribution in [1.82, 2.24) is 9.88 Å². The summed E-state index contributed by atoms with van der Waals surface area (Å²) in [7, 11) is 0. The summed E-state index contributed by atoms with van der Waals surface area (Å²) in [5, 5.41) is 2.88. The van der Waals surface area contributed by atoms with E-state index in [0.717, 1.165) is 28.4 Å². The molecule has 1 fully saturated rings. The zero-order valence-corrected chi connectivity index (χ0v) is 16.4. The lowest BCUT2D eigenvalue weighted by Crippen LogP contribution is -2.28. The first-order chi connectivity index (χ1) is 11.6. The molecule has 1 atom stereocenters. The van der Waals surface area contributed by atoms with Crippen LogP contribution < -0.4 is 4.90 Å². The Kier molecular flexibility index (Phi) is 5.69. The molecule has 1 aromatic heterocycles. The van der Waals surface area contributed by atoms with Crippen LogP contribution in [-0.4, -0.2) is 28.9 Å². The molecule has 2 aromatic rings. The second-order valence-corrected chi connectivity index (χ2v) is 7.82. The summed E-state index contributed by atoms with van der Waals surface area (Å²) in [4.78, 5) is 20.6. The van der Waals surface area contributed by atoms with Crippen LogP contribution >= 0.6 is 27.3 Å². The number of benzene rings is 1. The van der Waals surface area contributed by atoms with E-state index in [-0.39, 0.29) is 5.91 Å². The lowest BCUT2D eigenvalue weighted by atomic mass is 10.0. The molecule has 0 saturated carbocycles. The summed E-state index contributed by atoms with van der Waals surface area (Å²) in [6, 6.07) is 9.03. The largest absolute Gasteiger partial charge is 0.290 e. The maximum atomic E-state index is 11.7. The minimum absolute atomic E-state index is 0.0478. The number of hydrogen-bond donors (Lipinski definition) is 0. The molecule has 0 N–H and O–H groups in total. The Bertz CT molecular complexity index is 718. The molecule has 1 saturated heterocycles. The molecule has 1 aromatic carbocycles. The lowest BCUT2D eigenvalue weighted by molar-refractivity contribution is -0.116. The molecule has 1 unspecified atom stereocenters. The van der Waals surface area contributed by atoms with E-state index in [4.69, 9.17) is 0 Å². The SMILES string of the molecule is CCN(C(C)=O)c1nc(CN2CCCC2c2cccc(Br)c2)cs1. The highest BCUT2D eigenvalue weighted by molar-refractivity contribution is 9.10. The minimum atomic E-state index is 0.0478. The second-order valence-electron chi connectivity index (χ2n) is 6.07. The first-order valence-corrected chi connectivity index (χ1v) is 9.97. The Morgan fingerprint density at radius 3 is 3.04 bits per heavy atom. The van der Waals surface area contributed by atoms with Gasteiger partial charge in [-0.15, -0.1) is 11.3 Å². The van der Waals surface area contributed by atoms with Crippen molar-refractivity contribution >= 4 is 38.3 Å². The monoisotopic (exact) mass is 407 g/mol. The number of likely N-dealkylation sites (tertiary alicyclic amines) is 1. The summed E-state index contributed by atoms with van der Waals surface area (Å²) in [6.07, 6.45) is 2.39. The van der Waals surface area contributed by atoms with Gasteiger partial charge in [0, 0.05) is 35.9 Å². The summed E-state index contributed by atoms with van der Waals surface area (Å²) in [6.45, 7) is 6.16. The van der Waals surface area contributed by atoms with Crippen LogP contribution in [0.2, 0.25) is 0 Å². The predicted octanol–water partition coefficient (Wildman–Crippen LogP) is 4.62. The Labute approximate surface area is 155 Å². The zero-order chi connectivity index (χ0) is 17.1. The molecule has 24 heavy (non-hydrogen) atoms. The molecule has 1 amide bonds. The summed E-state index contributed by atoms with van der Waals surface area (Å²) < 4.78 is 1.13. The van der Waals surface area contributed by atoms with Crippen molar-refractivity contribution in [3.63, 3.8) is 0 Å². The number of nitrogens with zero attached hydrogens (tertiary/aromatic N) is 3. The van der Waals surface area contributed by atoms with E-state index in [0.29, 0.717) is 12.6 Å². The summed E-state index contributed by atoms with van der Waals surface area (Å²) >= 11 is 5.12. The molecular formula is C18H22BrN3OS. The van der Waals surface area contributed by atoms with Crippen molar-refractivity contribution < 1.29 is 4.79 Å². The van der Waals surface area contributed by atoms with Gasteiger partial charge in [-0.3, -0.25) is 14.6 Å². The van der Waals surface area contributed by atoms with Crippen molar-refractivity contribution in [2.24, 2.45) is 0 Å². The molecule has 0 aliphatic carbocycles. The maximum absolute atomic E-state index is 11.7. The number of carbonyl (C=O) groups is 1. The number of anilines is 1. The van der Waals surface area contributed by atoms with Gasteiger partial charge in [0.15, 0.2) is 5.13 Å². The average Bonchev–Trinajstić information content (AvgIpc) is 3.18. The van der Waals surface area contributed by atoms with Gasteiger partial charge in [-0.2, -0.15) is 0 Å². The summed E-state index contributed by atoms with van der Waals surface area (Å²) in [5.41, 5.74) is 2.41. The first kappa shape index (κ1) is 17.6. The Morgan fingerprint density at radius 2 is 2.33 bits per heavy atom. The minimum Gasteiger partial charge on any atom is -0.290 e. The van der Waals surface area contributed by atoms with E-state index in [9.17, 15) is 4.79 Å². The van der Waals surface area contributed by atoms with Crippen LogP contribution in [0.3, 0.4) is 0 Å². The zero-order valence-electron chi connectivity index (χ0n) is 14.0. The smallest absolute Gasteiger partial charge is 0.225 e. The van der Waals surface area contributed by atoms with Crippen LogP contribution in [0.15, 0.2) is 34.1 Å². The molecular weight excluding hydrogens is 386 g/mol. The third kappa shape index (κ3) is 3.87. The van der Waals surface area contributed by atoms with Crippen LogP contribution in [0, 0.1) is 0 Å². The molecule has 6 heteroatoms. The van der Waals surface area contributed by atoms with E-state index < -0.39 is 0 Å². The topological polar surface area (TPSA) is 36.4 Å². The van der Waals surface area contributed by atoms with E-state index in [1.54, 1.807) is 23.2 Å². The van der Waals surface area contributed by atoms with Gasteiger partial charge in [0.05, 0.1) is 5.69 Å². The van der Waals surface area contributed by atoms with Crippen LogP contribution in [0.25, 0.3) is 0 Å². The maximum Gasteiger partial charge on any atom is 0.225 e. The molecule has 1 aliphatic rings. The molecule has 128 valence electrons. The molecule has 0 spiro atoms. The number of carbonyl (C=O) groups excluding carboxylic acids is 1. The number of amides is 1. The van der Waals surface area contributed by atoms with Crippen molar-refractivity contribution in [2.75, 3.05) is 18.0 Å². The van der Waals surface area contributed by atoms with Gasteiger partial charge in [-0.25, -0.2) is 4.98 Å². The normalized spacial score (nSPS) is 18.0. The van der Waals surface area contributed by atoms with Gasteiger partial charge < -0.3 is 0 Å². The second kappa shape index (κ2) is 7.76. The van der Waals surface area contributed by atoms with E-state index in [1.807, 2.05) is 6.92 Å². The third-order valence-corrected chi connectivity index (χ3v) is 5.83. The van der Waals surface area contributed by atoms with Gasteiger partial charge >= 0.3 is 0 Å². The number of halogens is 1. The highest BCUT2D eigenvalue weighted by Crippen LogP contribution is 2.34. The molecule has 2 heterocycles. The van der Waals surface area contributed by atoms with Gasteiger partial charge in [0.1, 0.15) is 0 Å². The predicted molar refractivity (Wildman–Crippen MR) is 102 cm³/mol. The highest BCUT2D eigenvalue weighted by atomic mass is 79.9. The van der Waals surface area contributed by atoms with E-state index >= 15 is 0 Å². The quantitative estimate of drug-likeness (QED) is 0.725. The number of thiazole rings is 1. The van der Waals surface area contributed by atoms with Crippen LogP contribution in [-0.2, 0) is 11.3 Å². The average molecular weight is 408 g/mol. The van der Waals surface area contributed by atoms with Crippen LogP contribution in [0.5, 0.6) is 0 Å². The van der Waals surface area contributed by atoms with E-state index in [2.05, 4.69) is 55.5 Å². The highest BCUT2D eigenvalue weighted by Gasteiger charge is 2.27. The summed E-state index contributed by atoms with van der Waals surface area (Å²) in [5.74, 6) is 0.0478. The van der Waals surface area contributed by atoms with Crippen molar-refractivity contribution in [2.45, 2.75) is 39.3 Å². The molecule has 1 aliphatic heterocycles. The van der Waals surface area contributed by atoms with Gasteiger partial charge in [-0.05, 0) is 44.0 Å². The van der Waals surface area contributed by atoms with Gasteiger partial charge in [0.2, 0.25) is 5.91 Å². The van der Waals surface area contributed by atoms with Crippen molar-refractivity contribution in [3.05, 3.63) is 45.4 Å². The standard InChI is InChI=1S/C18H22BrN3OS/c1-3-22(13(2)23)18-20-16(12-24-18)11-21-9-5-8-17(21)14-6-4-7-15(19)10-14/h4,6-7,10,12,17H,3,5,8-9,11H2,1-2H3. The fourth-order valence-corrected chi connectivity index (χ4v) is 4.64. The van der Waals surface area contributed by atoms with Crippen molar-refractivity contribution in [3.8, 4) is 0 Å². The number of rotatable bonds is 5. The molecule has 4 nitrogen and oxygen atoms in total. The lowest BCUT2D eigenvalue weighted by Gasteiger charge is -2.24. The Morgan fingerprint density at radius 1 is 1.50 bits per heavy atom. The van der Waals surface area contributed by atoms with Gasteiger partial charge in [0.25, 0.3) is 0 Å². The van der Waals surface area contributed by atoms with Crippen molar-refractivity contribution in [1.29, 1.82) is 0 Å². The Hall–Kier alpha value is -1.24. The molecule has 3 rings (SSSR count). The number of hydrogen-bond acceptors (Lipinski definition) is 4. The molecule has 0 bridgehead atoms. The first-order valence-electron chi connectivity index (χ1n) is 8.30. The van der Waals surface area contributed by atoms with E-state index in [1.165, 1.54) is 18.4 Å².